The third-order valence-corrected chi connectivity index (χ3v) is 11.5. The first-order valence-corrected chi connectivity index (χ1v) is 27.3. The number of aliphatic carboxylic acids is 1. The van der Waals surface area contributed by atoms with E-state index in [1.54, 1.807) is 18.2 Å². The Labute approximate surface area is 463 Å². The average Bonchev–Trinajstić information content (AvgIpc) is 3.63. The van der Waals surface area contributed by atoms with Crippen molar-refractivity contribution in [1.82, 2.24) is 5.32 Å². The van der Waals surface area contributed by atoms with Crippen LogP contribution < -0.4 is 20.7 Å². The molecule has 1 aliphatic heterocycles. The van der Waals surface area contributed by atoms with Crippen LogP contribution in [-0.4, -0.2) is 213 Å². The molecule has 22 heteroatoms. The molecule has 1 heterocycles. The number of carboxylic acids is 2. The maximum absolute atomic E-state index is 12.7. The van der Waals surface area contributed by atoms with Crippen molar-refractivity contribution in [2.24, 2.45) is 4.99 Å². The van der Waals surface area contributed by atoms with Gasteiger partial charge in [0.2, 0.25) is 5.91 Å². The number of aryl methyl sites for hydroxylation is 2. The summed E-state index contributed by atoms with van der Waals surface area (Å²) in [7, 11) is 0. The zero-order chi connectivity index (χ0) is 56.6. The van der Waals surface area contributed by atoms with Crippen LogP contribution in [0.2, 0.25) is 0 Å². The van der Waals surface area contributed by atoms with Crippen molar-refractivity contribution in [2.75, 3.05) is 190 Å². The minimum atomic E-state index is -1.06. The molecule has 4 N–H and O–H groups in total. The first-order chi connectivity index (χ1) is 38.6. The molecule has 2 aromatic carbocycles. The minimum absolute atomic E-state index is 0.0144. The van der Waals surface area contributed by atoms with Gasteiger partial charge in [0.1, 0.15) is 17.1 Å². The molecule has 0 aromatic heterocycles. The predicted octanol–water partition coefficient (Wildman–Crippen LogP) is 5.82. The van der Waals surface area contributed by atoms with E-state index in [1.807, 2.05) is 52.0 Å². The largest absolute Gasteiger partial charge is 0.494 e. The second-order valence-electron chi connectivity index (χ2n) is 17.6. The molecule has 2 aromatic rings. The van der Waals surface area contributed by atoms with Gasteiger partial charge in [0.15, 0.2) is 0 Å². The number of benzene rings is 3. The van der Waals surface area contributed by atoms with Gasteiger partial charge in [0.05, 0.1) is 183 Å². The van der Waals surface area contributed by atoms with Gasteiger partial charge in [-0.05, 0) is 75.6 Å². The molecule has 0 fully saturated rings. The molecule has 2 aliphatic rings. The second kappa shape index (κ2) is 41.6. The van der Waals surface area contributed by atoms with Crippen molar-refractivity contribution in [3.63, 3.8) is 0 Å². The van der Waals surface area contributed by atoms with E-state index < -0.39 is 11.9 Å². The van der Waals surface area contributed by atoms with Crippen LogP contribution in [0.3, 0.4) is 0 Å². The number of carbonyl (C=O) groups is 3. The summed E-state index contributed by atoms with van der Waals surface area (Å²) in [5.74, 6) is -0.989. The van der Waals surface area contributed by atoms with Crippen LogP contribution >= 0.6 is 0 Å². The van der Waals surface area contributed by atoms with Crippen molar-refractivity contribution < 1.29 is 90.6 Å². The van der Waals surface area contributed by atoms with Gasteiger partial charge in [-0.2, -0.15) is 0 Å². The van der Waals surface area contributed by atoms with Crippen molar-refractivity contribution in [3.05, 3.63) is 64.5 Å². The fourth-order valence-corrected chi connectivity index (χ4v) is 7.66. The van der Waals surface area contributed by atoms with Gasteiger partial charge in [-0.3, -0.25) is 14.6 Å². The van der Waals surface area contributed by atoms with Crippen molar-refractivity contribution in [2.45, 2.75) is 47.0 Å². The zero-order valence-corrected chi connectivity index (χ0v) is 46.7. The Morgan fingerprint density at radius 2 is 1.01 bits per heavy atom. The number of aromatic carboxylic acids is 1. The molecular formula is C57H85N3O19. The summed E-state index contributed by atoms with van der Waals surface area (Å²) < 4.78 is 78.2. The van der Waals surface area contributed by atoms with Gasteiger partial charge in [-0.25, -0.2) is 4.79 Å². The first-order valence-electron chi connectivity index (χ1n) is 27.3. The van der Waals surface area contributed by atoms with E-state index in [4.69, 9.17) is 71.1 Å². The molecule has 442 valence electrons. The summed E-state index contributed by atoms with van der Waals surface area (Å²) in [6, 6.07) is 12.9. The van der Waals surface area contributed by atoms with Gasteiger partial charge in [0, 0.05) is 66.0 Å². The molecule has 0 unspecified atom stereocenters. The molecule has 1 aliphatic carbocycles. The van der Waals surface area contributed by atoms with Crippen LogP contribution in [-0.2, 0) is 66.4 Å². The Morgan fingerprint density at radius 3 is 1.47 bits per heavy atom. The molecule has 0 saturated carbocycles. The molecule has 0 bridgehead atoms. The molecule has 0 atom stereocenters. The quantitative estimate of drug-likeness (QED) is 0.0300. The van der Waals surface area contributed by atoms with Crippen molar-refractivity contribution >= 4 is 34.5 Å². The molecule has 0 saturated heterocycles. The van der Waals surface area contributed by atoms with Gasteiger partial charge in [-0.1, -0.05) is 0 Å². The number of fused-ring (bicyclic) bond motifs is 2. The zero-order valence-electron chi connectivity index (χ0n) is 46.7. The van der Waals surface area contributed by atoms with E-state index in [-0.39, 0.29) is 37.5 Å². The fraction of sp³-hybridized carbons (Fsp3) is 0.614. The maximum atomic E-state index is 12.7. The number of amides is 1. The highest BCUT2D eigenvalue weighted by atomic mass is 16.6. The monoisotopic (exact) mass is 1120 g/mol. The summed E-state index contributed by atoms with van der Waals surface area (Å²) in [6.07, 6.45) is 0.691. The van der Waals surface area contributed by atoms with Crippen molar-refractivity contribution in [3.8, 4) is 28.2 Å². The van der Waals surface area contributed by atoms with Gasteiger partial charge in [0.25, 0.3) is 0 Å². The number of hydrogen-bond donors (Lipinski definition) is 4. The van der Waals surface area contributed by atoms with Gasteiger partial charge >= 0.3 is 11.9 Å². The van der Waals surface area contributed by atoms with E-state index in [2.05, 4.69) is 15.6 Å². The highest BCUT2D eigenvalue weighted by Gasteiger charge is 2.24. The first kappa shape index (κ1) is 66.2. The Morgan fingerprint density at radius 1 is 0.532 bits per heavy atom. The van der Waals surface area contributed by atoms with Crippen molar-refractivity contribution in [1.29, 1.82) is 0 Å². The second-order valence-corrected chi connectivity index (χ2v) is 17.6. The van der Waals surface area contributed by atoms with Crippen LogP contribution in [0.1, 0.15) is 54.6 Å². The summed E-state index contributed by atoms with van der Waals surface area (Å²) >= 11 is 0. The lowest BCUT2D eigenvalue weighted by atomic mass is 9.89. The topological polar surface area (TPSA) is 261 Å². The number of hydrogen-bond acceptors (Lipinski definition) is 19. The number of nitrogens with zero attached hydrogens (tertiary/aromatic N) is 1. The van der Waals surface area contributed by atoms with E-state index in [9.17, 15) is 19.5 Å². The van der Waals surface area contributed by atoms with Crippen LogP contribution in [0.4, 0.5) is 5.69 Å². The number of anilines is 1. The SMILES string of the molecule is CCN=c1cc2oc3cc(NCC)c(C)cc3c(-c3cc(OCCCC(=O)NCCOCCOCCOCCOCCOCCOCCOCCOCCOCCOCCOCCOCCC(=O)O)ccc3C(=O)O)c-2cc1C. The van der Waals surface area contributed by atoms with Crippen LogP contribution in [0.5, 0.6) is 5.75 Å². The normalized spacial score (nSPS) is 11.8. The Kier molecular flexibility index (Phi) is 34.9. The summed E-state index contributed by atoms with van der Waals surface area (Å²) in [6.45, 7) is 20.1. The van der Waals surface area contributed by atoms with Gasteiger partial charge < -0.3 is 86.8 Å². The maximum Gasteiger partial charge on any atom is 0.336 e. The number of nitrogens with one attached hydrogen (secondary N) is 2. The van der Waals surface area contributed by atoms with Crippen LogP contribution in [0.25, 0.3) is 33.4 Å². The number of ether oxygens (including phenoxy) is 13. The van der Waals surface area contributed by atoms with Crippen LogP contribution in [0.15, 0.2) is 51.9 Å². The molecule has 79 heavy (non-hydrogen) atoms. The molecule has 0 spiro atoms. The molecular weight excluding hydrogens is 1030 g/mol. The molecule has 22 nitrogen and oxygen atoms in total. The molecule has 0 radical (unpaired) electrons. The standard InChI is InChI=1S/C57H85N3O19/c1-5-58-50-41-52-48(38-43(50)3)56(49-39-44(4)51(59-6-2)42-53(49)79-52)47-40-45(9-10-46(47)57(64)65)78-13-7-8-54(61)60-12-15-67-17-19-69-21-23-71-25-27-73-29-31-75-33-35-77-37-36-76-34-32-74-30-28-72-26-24-70-22-20-68-18-16-66-14-11-55(62)63/h9-10,38-42,58H,5-8,11-37H2,1-4H3,(H,60,61)(H,62,63)(H,64,65). The number of carbonyl (C=O) groups excluding carboxylic acids is 1. The highest BCUT2D eigenvalue weighted by molar-refractivity contribution is 6.08. The summed E-state index contributed by atoms with van der Waals surface area (Å²) in [5.41, 5.74) is 5.61. The van der Waals surface area contributed by atoms with E-state index in [0.717, 1.165) is 45.2 Å². The Bertz CT molecular complexity index is 2360. The van der Waals surface area contributed by atoms with E-state index in [0.29, 0.717) is 194 Å². The van der Waals surface area contributed by atoms with E-state index in [1.165, 1.54) is 0 Å². The highest BCUT2D eigenvalue weighted by Crippen LogP contribution is 2.44. The van der Waals surface area contributed by atoms with Crippen LogP contribution in [0, 0.1) is 13.8 Å². The minimum Gasteiger partial charge on any atom is -0.494 e. The predicted molar refractivity (Wildman–Crippen MR) is 295 cm³/mol. The Hall–Kier alpha value is -5.34. The number of carboxylic acid groups (broad SMARTS) is 2. The lowest BCUT2D eigenvalue weighted by Gasteiger charge is -2.20. The lowest BCUT2D eigenvalue weighted by Crippen LogP contribution is -2.27. The molecule has 4 rings (SSSR count). The average molecular weight is 1120 g/mol. The number of rotatable bonds is 49. The van der Waals surface area contributed by atoms with E-state index >= 15 is 0 Å². The third kappa shape index (κ3) is 27.6. The smallest absolute Gasteiger partial charge is 0.336 e. The Balaban J connectivity index is 0.922. The summed E-state index contributed by atoms with van der Waals surface area (Å²) in [5, 5.41) is 26.8. The molecule has 1 amide bonds. The summed E-state index contributed by atoms with van der Waals surface area (Å²) in [4.78, 5) is 40.3. The fourth-order valence-electron chi connectivity index (χ4n) is 7.66. The van der Waals surface area contributed by atoms with Gasteiger partial charge in [-0.15, -0.1) is 0 Å². The third-order valence-electron chi connectivity index (χ3n) is 11.5. The lowest BCUT2D eigenvalue weighted by molar-refractivity contribution is -0.138.